The lowest BCUT2D eigenvalue weighted by atomic mass is 10.2. The van der Waals surface area contributed by atoms with Crippen LogP contribution in [0.5, 0.6) is 0 Å². The molecule has 0 saturated carbocycles. The minimum atomic E-state index is -3.71. The highest BCUT2D eigenvalue weighted by Gasteiger charge is 2.27. The van der Waals surface area contributed by atoms with Gasteiger partial charge in [-0.25, -0.2) is 8.42 Å². The van der Waals surface area contributed by atoms with E-state index in [4.69, 9.17) is 9.84 Å². The first kappa shape index (κ1) is 18.4. The number of carbonyl (C=O) groups excluding carboxylic acids is 1. The molecule has 0 spiro atoms. The summed E-state index contributed by atoms with van der Waals surface area (Å²) in [6.07, 6.45) is 0. The van der Waals surface area contributed by atoms with Crippen LogP contribution in [0.25, 0.3) is 0 Å². The quantitative estimate of drug-likeness (QED) is 0.784. The monoisotopic (exact) mass is 356 g/mol. The second-order valence-corrected chi connectivity index (χ2v) is 7.20. The number of ether oxygens (including phenoxy) is 1. The van der Waals surface area contributed by atoms with Crippen LogP contribution in [0.2, 0.25) is 0 Å². The van der Waals surface area contributed by atoms with Crippen molar-refractivity contribution in [2.75, 3.05) is 39.4 Å². The van der Waals surface area contributed by atoms with Gasteiger partial charge in [-0.2, -0.15) is 4.31 Å². The molecule has 1 saturated heterocycles. The van der Waals surface area contributed by atoms with Crippen molar-refractivity contribution in [2.24, 2.45) is 0 Å². The van der Waals surface area contributed by atoms with Crippen molar-refractivity contribution in [3.05, 3.63) is 29.8 Å². The number of carboxylic acid groups (broad SMARTS) is 1. The first-order chi connectivity index (χ1) is 11.4. The smallest absolute Gasteiger partial charge is 0.323 e. The van der Waals surface area contributed by atoms with Crippen molar-refractivity contribution in [2.45, 2.75) is 11.8 Å². The number of amides is 1. The summed E-state index contributed by atoms with van der Waals surface area (Å²) in [5.41, 5.74) is 0.146. The van der Waals surface area contributed by atoms with Crippen LogP contribution < -0.4 is 0 Å². The maximum Gasteiger partial charge on any atom is 0.323 e. The zero-order valence-corrected chi connectivity index (χ0v) is 14.2. The van der Waals surface area contributed by atoms with Crippen molar-refractivity contribution >= 4 is 21.9 Å². The average Bonchev–Trinajstić information content (AvgIpc) is 2.59. The van der Waals surface area contributed by atoms with Gasteiger partial charge in [0.1, 0.15) is 6.54 Å². The molecule has 0 unspecified atom stereocenters. The fourth-order valence-electron chi connectivity index (χ4n) is 2.40. The fourth-order valence-corrected chi connectivity index (χ4v) is 3.85. The van der Waals surface area contributed by atoms with E-state index < -0.39 is 28.4 Å². The minimum Gasteiger partial charge on any atom is -0.480 e. The minimum absolute atomic E-state index is 0.0154. The normalized spacial score (nSPS) is 15.9. The van der Waals surface area contributed by atoms with Crippen molar-refractivity contribution in [1.29, 1.82) is 0 Å². The molecule has 24 heavy (non-hydrogen) atoms. The number of morpholine rings is 1. The molecule has 1 amide bonds. The van der Waals surface area contributed by atoms with E-state index in [0.29, 0.717) is 13.2 Å². The molecule has 1 aromatic carbocycles. The summed E-state index contributed by atoms with van der Waals surface area (Å²) >= 11 is 0. The van der Waals surface area contributed by atoms with Crippen LogP contribution in [-0.2, 0) is 19.6 Å². The Hall–Kier alpha value is -1.97. The van der Waals surface area contributed by atoms with E-state index in [2.05, 4.69) is 0 Å². The maximum atomic E-state index is 12.6. The number of sulfonamides is 1. The first-order valence-electron chi connectivity index (χ1n) is 7.55. The summed E-state index contributed by atoms with van der Waals surface area (Å²) in [4.78, 5) is 24.4. The summed E-state index contributed by atoms with van der Waals surface area (Å²) in [6, 6.07) is 5.67. The average molecular weight is 356 g/mol. The van der Waals surface area contributed by atoms with Crippen molar-refractivity contribution in [3.63, 3.8) is 0 Å². The molecule has 0 atom stereocenters. The van der Waals surface area contributed by atoms with Gasteiger partial charge in [0.05, 0.1) is 18.1 Å². The molecule has 1 aromatic rings. The van der Waals surface area contributed by atoms with Crippen molar-refractivity contribution < 1.29 is 27.9 Å². The molecule has 1 aliphatic rings. The second-order valence-electron chi connectivity index (χ2n) is 5.26. The summed E-state index contributed by atoms with van der Waals surface area (Å²) in [6.45, 7) is 2.64. The predicted molar refractivity (Wildman–Crippen MR) is 85.2 cm³/mol. The molecule has 0 bridgehead atoms. The zero-order valence-electron chi connectivity index (χ0n) is 13.3. The van der Waals surface area contributed by atoms with Crippen LogP contribution in [0.4, 0.5) is 0 Å². The van der Waals surface area contributed by atoms with Gasteiger partial charge in [-0.15, -0.1) is 0 Å². The van der Waals surface area contributed by atoms with Gasteiger partial charge < -0.3 is 14.7 Å². The van der Waals surface area contributed by atoms with E-state index in [1.807, 2.05) is 0 Å². The number of rotatable bonds is 6. The van der Waals surface area contributed by atoms with Gasteiger partial charge in [0, 0.05) is 25.2 Å². The zero-order chi connectivity index (χ0) is 17.7. The number of likely N-dealkylation sites (N-methyl/N-ethyl adjacent to an activating group) is 1. The maximum absolute atomic E-state index is 12.6. The molecule has 0 aliphatic carbocycles. The molecule has 1 N–H and O–H groups in total. The molecule has 1 heterocycles. The molecular weight excluding hydrogens is 336 g/mol. The van der Waals surface area contributed by atoms with E-state index in [1.165, 1.54) is 28.6 Å². The highest BCUT2D eigenvalue weighted by molar-refractivity contribution is 7.89. The summed E-state index contributed by atoms with van der Waals surface area (Å²) in [5.74, 6) is -1.64. The number of carbonyl (C=O) groups is 2. The standard InChI is InChI=1S/C15H20N2O6S/c1-2-16(11-14(18)19)15(20)12-4-3-5-13(10-12)24(21,22)17-6-8-23-9-7-17/h3-5,10H,2,6-9,11H2,1H3,(H,18,19). The molecule has 9 heteroatoms. The lowest BCUT2D eigenvalue weighted by Crippen LogP contribution is -2.40. The Bertz CT molecular complexity index is 712. The van der Waals surface area contributed by atoms with E-state index >= 15 is 0 Å². The van der Waals surface area contributed by atoms with Crippen LogP contribution in [0, 0.1) is 0 Å². The lowest BCUT2D eigenvalue weighted by Gasteiger charge is -2.26. The van der Waals surface area contributed by atoms with E-state index in [9.17, 15) is 18.0 Å². The largest absolute Gasteiger partial charge is 0.480 e. The Morgan fingerprint density at radius 3 is 2.54 bits per heavy atom. The number of hydrogen-bond donors (Lipinski definition) is 1. The number of benzene rings is 1. The number of hydrogen-bond acceptors (Lipinski definition) is 5. The van der Waals surface area contributed by atoms with Gasteiger partial charge in [0.15, 0.2) is 0 Å². The molecule has 2 rings (SSSR count). The van der Waals surface area contributed by atoms with E-state index in [-0.39, 0.29) is 30.1 Å². The third kappa shape index (κ3) is 4.11. The van der Waals surface area contributed by atoms with Crippen LogP contribution in [-0.4, -0.2) is 74.0 Å². The van der Waals surface area contributed by atoms with Crippen LogP contribution >= 0.6 is 0 Å². The molecule has 132 valence electrons. The number of carboxylic acids is 1. The highest BCUT2D eigenvalue weighted by atomic mass is 32.2. The summed E-state index contributed by atoms with van der Waals surface area (Å²) in [7, 11) is -3.71. The number of aliphatic carboxylic acids is 1. The van der Waals surface area contributed by atoms with Crippen molar-refractivity contribution in [1.82, 2.24) is 9.21 Å². The SMILES string of the molecule is CCN(CC(=O)O)C(=O)c1cccc(S(=O)(=O)N2CCOCC2)c1. The Labute approximate surface area is 140 Å². The third-order valence-electron chi connectivity index (χ3n) is 3.68. The van der Waals surface area contributed by atoms with Crippen LogP contribution in [0.1, 0.15) is 17.3 Å². The van der Waals surface area contributed by atoms with Gasteiger partial charge in [-0.1, -0.05) is 6.07 Å². The van der Waals surface area contributed by atoms with E-state index in [1.54, 1.807) is 6.92 Å². The molecule has 1 aliphatic heterocycles. The Morgan fingerprint density at radius 1 is 1.29 bits per heavy atom. The lowest BCUT2D eigenvalue weighted by molar-refractivity contribution is -0.137. The van der Waals surface area contributed by atoms with Crippen molar-refractivity contribution in [3.8, 4) is 0 Å². The summed E-state index contributed by atoms with van der Waals surface area (Å²) in [5, 5.41) is 8.86. The van der Waals surface area contributed by atoms with Gasteiger partial charge in [-0.05, 0) is 25.1 Å². The predicted octanol–water partition coefficient (Wildman–Crippen LogP) is 0.254. The molecule has 8 nitrogen and oxygen atoms in total. The van der Waals surface area contributed by atoms with E-state index in [0.717, 1.165) is 4.90 Å². The first-order valence-corrected chi connectivity index (χ1v) is 8.99. The van der Waals surface area contributed by atoms with Crippen LogP contribution in [0.15, 0.2) is 29.2 Å². The van der Waals surface area contributed by atoms with Gasteiger partial charge in [0.2, 0.25) is 10.0 Å². The Morgan fingerprint density at radius 2 is 1.96 bits per heavy atom. The topological polar surface area (TPSA) is 104 Å². The molecule has 0 radical (unpaired) electrons. The number of nitrogens with zero attached hydrogens (tertiary/aromatic N) is 2. The molecular formula is C15H20N2O6S. The Balaban J connectivity index is 2.27. The fraction of sp³-hybridized carbons (Fsp3) is 0.467. The summed E-state index contributed by atoms with van der Waals surface area (Å²) < 4.78 is 31.7. The Kier molecular flexibility index (Phi) is 5.92. The van der Waals surface area contributed by atoms with Crippen LogP contribution in [0.3, 0.4) is 0 Å². The second kappa shape index (κ2) is 7.73. The van der Waals surface area contributed by atoms with Gasteiger partial charge in [-0.3, -0.25) is 9.59 Å². The third-order valence-corrected chi connectivity index (χ3v) is 5.58. The molecule has 1 fully saturated rings. The van der Waals surface area contributed by atoms with Gasteiger partial charge in [0.25, 0.3) is 5.91 Å². The molecule has 0 aromatic heterocycles. The van der Waals surface area contributed by atoms with Gasteiger partial charge >= 0.3 is 5.97 Å². The highest BCUT2D eigenvalue weighted by Crippen LogP contribution is 2.19.